The zero-order valence-electron chi connectivity index (χ0n) is 17.8. The molecule has 0 unspecified atom stereocenters. The Kier molecular flexibility index (Phi) is 7.12. The molecule has 1 aromatic heterocycles. The van der Waals surface area contributed by atoms with Gasteiger partial charge in [0.05, 0.1) is 48.0 Å². The summed E-state index contributed by atoms with van der Waals surface area (Å²) < 4.78 is 5.33. The highest BCUT2D eigenvalue weighted by atomic mass is 32.1. The van der Waals surface area contributed by atoms with E-state index in [0.29, 0.717) is 32.5 Å². The van der Waals surface area contributed by atoms with Crippen LogP contribution in [0.1, 0.15) is 24.1 Å². The first-order valence-corrected chi connectivity index (χ1v) is 11.7. The van der Waals surface area contributed by atoms with Crippen molar-refractivity contribution in [1.82, 2.24) is 14.8 Å². The summed E-state index contributed by atoms with van der Waals surface area (Å²) in [5, 5.41) is 10.1. The number of hydrogen-bond acceptors (Lipinski definition) is 7. The third-order valence-electron chi connectivity index (χ3n) is 6.06. The fraction of sp³-hybridized carbons (Fsp3) is 0.522. The Morgan fingerprint density at radius 2 is 1.97 bits per heavy atom. The van der Waals surface area contributed by atoms with Crippen LogP contribution in [-0.4, -0.2) is 83.1 Å². The highest BCUT2D eigenvalue weighted by molar-refractivity contribution is 7.13. The molecule has 166 valence electrons. The van der Waals surface area contributed by atoms with E-state index in [1.807, 2.05) is 29.5 Å². The van der Waals surface area contributed by atoms with Crippen LogP contribution in [-0.2, 0) is 20.7 Å². The second-order valence-corrected chi connectivity index (χ2v) is 9.12. The maximum Gasteiger partial charge on any atom is 0.237 e. The third kappa shape index (κ3) is 5.38. The third-order valence-corrected chi connectivity index (χ3v) is 7.03. The molecular weight excluding hydrogens is 414 g/mol. The van der Waals surface area contributed by atoms with Gasteiger partial charge in [-0.05, 0) is 24.5 Å². The maximum absolute atomic E-state index is 12.9. The van der Waals surface area contributed by atoms with E-state index in [1.54, 1.807) is 16.2 Å². The number of carbonyl (C=O) groups excluding carboxylic acids is 2. The van der Waals surface area contributed by atoms with Crippen molar-refractivity contribution in [2.24, 2.45) is 0 Å². The highest BCUT2D eigenvalue weighted by Crippen LogP contribution is 2.27. The predicted octanol–water partition coefficient (Wildman–Crippen LogP) is 1.91. The van der Waals surface area contributed by atoms with Crippen LogP contribution >= 0.6 is 11.3 Å². The van der Waals surface area contributed by atoms with E-state index in [-0.39, 0.29) is 24.8 Å². The SMILES string of the molecule is Cc1ncsc1-c1ccc(CCC(=O)[C@@H]2C[C@@H](O)CN2C(=O)CN2CCOCC2)cc1. The molecule has 0 radical (unpaired) electrons. The molecule has 0 spiro atoms. The monoisotopic (exact) mass is 443 g/mol. The first kappa shape index (κ1) is 22.1. The topological polar surface area (TPSA) is 83.0 Å². The number of rotatable bonds is 7. The number of thiazole rings is 1. The summed E-state index contributed by atoms with van der Waals surface area (Å²) in [5.74, 6) is -0.0599. The number of ketones is 1. The van der Waals surface area contributed by atoms with Crippen LogP contribution in [0.5, 0.6) is 0 Å². The van der Waals surface area contributed by atoms with Gasteiger partial charge in [0.2, 0.25) is 5.91 Å². The number of carbonyl (C=O) groups is 2. The molecule has 2 saturated heterocycles. The van der Waals surface area contributed by atoms with Crippen LogP contribution in [0.2, 0.25) is 0 Å². The molecule has 0 saturated carbocycles. The van der Waals surface area contributed by atoms with Crippen molar-refractivity contribution in [2.75, 3.05) is 39.4 Å². The van der Waals surface area contributed by atoms with Crippen LogP contribution in [0.3, 0.4) is 0 Å². The second kappa shape index (κ2) is 9.99. The first-order valence-electron chi connectivity index (χ1n) is 10.8. The van der Waals surface area contributed by atoms with Crippen LogP contribution in [0.4, 0.5) is 0 Å². The van der Waals surface area contributed by atoms with Crippen molar-refractivity contribution in [2.45, 2.75) is 38.3 Å². The number of nitrogens with zero attached hydrogens (tertiary/aromatic N) is 3. The number of aryl methyl sites for hydroxylation is 2. The quantitative estimate of drug-likeness (QED) is 0.704. The van der Waals surface area contributed by atoms with Crippen molar-refractivity contribution < 1.29 is 19.4 Å². The minimum absolute atomic E-state index is 0.0225. The summed E-state index contributed by atoms with van der Waals surface area (Å²) in [5.41, 5.74) is 5.09. The molecule has 1 aromatic carbocycles. The number of β-amino-alcohol motifs (C(OH)–C–C–N with tert-alkyl or cyclic N) is 1. The summed E-state index contributed by atoms with van der Waals surface area (Å²) >= 11 is 1.62. The van der Waals surface area contributed by atoms with Crippen LogP contribution in [0.15, 0.2) is 29.8 Å². The molecule has 2 atom stereocenters. The van der Waals surface area contributed by atoms with Crippen LogP contribution < -0.4 is 0 Å². The van der Waals surface area contributed by atoms with E-state index in [0.717, 1.165) is 34.8 Å². The number of aromatic nitrogens is 1. The summed E-state index contributed by atoms with van der Waals surface area (Å²) in [6.45, 7) is 5.20. The van der Waals surface area contributed by atoms with Gasteiger partial charge in [-0.1, -0.05) is 24.3 Å². The van der Waals surface area contributed by atoms with Crippen LogP contribution in [0, 0.1) is 6.92 Å². The Bertz CT molecular complexity index is 908. The van der Waals surface area contributed by atoms with E-state index >= 15 is 0 Å². The lowest BCUT2D eigenvalue weighted by Crippen LogP contribution is -2.48. The van der Waals surface area contributed by atoms with E-state index in [2.05, 4.69) is 17.1 Å². The van der Waals surface area contributed by atoms with Crippen molar-refractivity contribution >= 4 is 23.0 Å². The number of aliphatic hydroxyl groups excluding tert-OH is 1. The number of likely N-dealkylation sites (tertiary alicyclic amines) is 1. The number of benzene rings is 1. The zero-order chi connectivity index (χ0) is 21.8. The van der Waals surface area contributed by atoms with Crippen LogP contribution in [0.25, 0.3) is 10.4 Å². The number of aliphatic hydroxyl groups is 1. The molecule has 31 heavy (non-hydrogen) atoms. The average molecular weight is 444 g/mol. The van der Waals surface area contributed by atoms with Gasteiger partial charge in [-0.3, -0.25) is 14.5 Å². The number of morpholine rings is 1. The second-order valence-electron chi connectivity index (χ2n) is 8.27. The Morgan fingerprint density at radius 1 is 1.23 bits per heavy atom. The van der Waals surface area contributed by atoms with Crippen molar-refractivity contribution in [3.8, 4) is 10.4 Å². The van der Waals surface area contributed by atoms with Crippen molar-refractivity contribution in [3.05, 3.63) is 41.0 Å². The molecule has 1 amide bonds. The van der Waals surface area contributed by atoms with Gasteiger partial charge < -0.3 is 14.7 Å². The minimum atomic E-state index is -0.635. The normalized spacial score (nSPS) is 22.1. The van der Waals surface area contributed by atoms with E-state index in [4.69, 9.17) is 4.74 Å². The lowest BCUT2D eigenvalue weighted by molar-refractivity contribution is -0.139. The summed E-state index contributed by atoms with van der Waals surface area (Å²) in [4.78, 5) is 34.8. The van der Waals surface area contributed by atoms with Gasteiger partial charge in [-0.2, -0.15) is 0 Å². The minimum Gasteiger partial charge on any atom is -0.391 e. The lowest BCUT2D eigenvalue weighted by Gasteiger charge is -2.30. The van der Waals surface area contributed by atoms with Gasteiger partial charge in [0.1, 0.15) is 0 Å². The zero-order valence-corrected chi connectivity index (χ0v) is 18.6. The molecule has 4 rings (SSSR count). The van der Waals surface area contributed by atoms with E-state index in [1.165, 1.54) is 0 Å². The molecule has 2 aliphatic rings. The van der Waals surface area contributed by atoms with E-state index < -0.39 is 12.1 Å². The predicted molar refractivity (Wildman–Crippen MR) is 119 cm³/mol. The lowest BCUT2D eigenvalue weighted by atomic mass is 10.00. The number of amides is 1. The standard InChI is InChI=1S/C23H29N3O4S/c1-16-23(31-15-24-16)18-5-2-17(3-6-18)4-7-21(28)20-12-19(27)13-26(20)22(29)14-25-8-10-30-11-9-25/h2-3,5-6,15,19-20,27H,4,7-14H2,1H3/t19-,20+/m1/s1. The summed E-state index contributed by atoms with van der Waals surface area (Å²) in [7, 11) is 0. The molecular formula is C23H29N3O4S. The van der Waals surface area contributed by atoms with Gasteiger partial charge in [0, 0.05) is 32.5 Å². The van der Waals surface area contributed by atoms with Crippen molar-refractivity contribution in [3.63, 3.8) is 0 Å². The fourth-order valence-corrected chi connectivity index (χ4v) is 5.08. The van der Waals surface area contributed by atoms with Gasteiger partial charge >= 0.3 is 0 Å². The molecule has 1 N–H and O–H groups in total. The Labute approximate surface area is 186 Å². The molecule has 2 aliphatic heterocycles. The summed E-state index contributed by atoms with van der Waals surface area (Å²) in [6.07, 6.45) is 0.679. The van der Waals surface area contributed by atoms with Crippen molar-refractivity contribution in [1.29, 1.82) is 0 Å². The van der Waals surface area contributed by atoms with Gasteiger partial charge in [0.15, 0.2) is 5.78 Å². The molecule has 0 aliphatic carbocycles. The highest BCUT2D eigenvalue weighted by Gasteiger charge is 2.38. The molecule has 8 heteroatoms. The Balaban J connectivity index is 1.33. The average Bonchev–Trinajstić information content (AvgIpc) is 3.39. The molecule has 3 heterocycles. The Hall–Kier alpha value is -2.13. The molecule has 0 bridgehead atoms. The smallest absolute Gasteiger partial charge is 0.237 e. The summed E-state index contributed by atoms with van der Waals surface area (Å²) in [6, 6.07) is 7.71. The molecule has 2 aromatic rings. The molecule has 7 nitrogen and oxygen atoms in total. The first-order chi connectivity index (χ1) is 15.0. The fourth-order valence-electron chi connectivity index (χ4n) is 4.27. The number of Topliss-reactive ketones (excluding diaryl/α,β-unsaturated/α-hetero) is 1. The van der Waals surface area contributed by atoms with Gasteiger partial charge in [0.25, 0.3) is 0 Å². The van der Waals surface area contributed by atoms with E-state index in [9.17, 15) is 14.7 Å². The largest absolute Gasteiger partial charge is 0.391 e. The van der Waals surface area contributed by atoms with Gasteiger partial charge in [-0.25, -0.2) is 4.98 Å². The number of hydrogen-bond donors (Lipinski definition) is 1. The Morgan fingerprint density at radius 3 is 2.65 bits per heavy atom. The molecule has 2 fully saturated rings. The number of ether oxygens (including phenoxy) is 1. The van der Waals surface area contributed by atoms with Gasteiger partial charge in [-0.15, -0.1) is 11.3 Å². The maximum atomic E-state index is 12.9.